The zero-order chi connectivity index (χ0) is 14.4. The molecule has 2 rings (SSSR count). The molecule has 0 saturated heterocycles. The lowest BCUT2D eigenvalue weighted by molar-refractivity contribution is 0.102. The average molecular weight is 335 g/mol. The molecule has 0 aliphatic carbocycles. The number of carbonyl (C=O) groups excluding carboxylic acids is 1. The van der Waals surface area contributed by atoms with E-state index in [2.05, 4.69) is 43.5 Å². The monoisotopic (exact) mass is 334 g/mol. The van der Waals surface area contributed by atoms with E-state index in [1.165, 1.54) is 0 Å². The van der Waals surface area contributed by atoms with Gasteiger partial charge in [0.25, 0.3) is 5.91 Å². The van der Waals surface area contributed by atoms with Crippen molar-refractivity contribution in [3.05, 3.63) is 46.8 Å². The highest BCUT2D eigenvalue weighted by Crippen LogP contribution is 2.13. The molecule has 2 N–H and O–H groups in total. The van der Waals surface area contributed by atoms with Gasteiger partial charge in [-0.05, 0) is 46.6 Å². The van der Waals surface area contributed by atoms with Crippen molar-refractivity contribution in [3.63, 3.8) is 0 Å². The minimum Gasteiger partial charge on any atom is -0.385 e. The highest BCUT2D eigenvalue weighted by atomic mass is 79.9. The normalized spacial score (nSPS) is 10.1. The van der Waals surface area contributed by atoms with Crippen LogP contribution in [0, 0.1) is 0 Å². The minimum absolute atomic E-state index is 0.278. The number of halogens is 1. The molecule has 0 aliphatic heterocycles. The van der Waals surface area contributed by atoms with Crippen LogP contribution in [0.2, 0.25) is 0 Å². The second-order valence-electron chi connectivity index (χ2n) is 4.17. The fraction of sp³-hybridized carbons (Fsp3) is 0.214. The highest BCUT2D eigenvalue weighted by Gasteiger charge is 2.09. The van der Waals surface area contributed by atoms with Crippen molar-refractivity contribution in [2.75, 3.05) is 17.2 Å². The second kappa shape index (κ2) is 7.00. The van der Waals surface area contributed by atoms with Gasteiger partial charge in [-0.2, -0.15) is 0 Å². The van der Waals surface area contributed by atoms with Crippen molar-refractivity contribution in [3.8, 4) is 0 Å². The van der Waals surface area contributed by atoms with Crippen LogP contribution in [-0.4, -0.2) is 22.4 Å². The molecule has 0 spiro atoms. The van der Waals surface area contributed by atoms with Gasteiger partial charge in [0.2, 0.25) is 0 Å². The van der Waals surface area contributed by atoms with Crippen LogP contribution in [-0.2, 0) is 0 Å². The van der Waals surface area contributed by atoms with E-state index >= 15 is 0 Å². The molecule has 2 aromatic rings. The van der Waals surface area contributed by atoms with Gasteiger partial charge in [-0.3, -0.25) is 9.78 Å². The lowest BCUT2D eigenvalue weighted by atomic mass is 10.3. The summed E-state index contributed by atoms with van der Waals surface area (Å²) in [7, 11) is 0. The number of nitrogens with one attached hydrogen (secondary N) is 2. The second-order valence-corrected chi connectivity index (χ2v) is 5.09. The van der Waals surface area contributed by atoms with E-state index in [-0.39, 0.29) is 5.91 Å². The molecule has 2 aromatic heterocycles. The van der Waals surface area contributed by atoms with Gasteiger partial charge in [-0.15, -0.1) is 0 Å². The SMILES string of the molecule is CCCNc1ccnc(C(=O)Nc2ccc(Br)cn2)c1. The molecule has 0 aliphatic rings. The molecule has 0 saturated carbocycles. The lowest BCUT2D eigenvalue weighted by Gasteiger charge is -2.07. The largest absolute Gasteiger partial charge is 0.385 e. The summed E-state index contributed by atoms with van der Waals surface area (Å²) in [5, 5.41) is 5.93. The average Bonchev–Trinajstić information content (AvgIpc) is 2.48. The Balaban J connectivity index is 2.06. The quantitative estimate of drug-likeness (QED) is 0.880. The summed E-state index contributed by atoms with van der Waals surface area (Å²) in [6.07, 6.45) is 4.26. The van der Waals surface area contributed by atoms with Crippen molar-refractivity contribution >= 4 is 33.3 Å². The molecule has 0 radical (unpaired) electrons. The lowest BCUT2D eigenvalue weighted by Crippen LogP contribution is -2.15. The Bertz CT molecular complexity index is 586. The summed E-state index contributed by atoms with van der Waals surface area (Å²) >= 11 is 3.29. The van der Waals surface area contributed by atoms with Gasteiger partial charge >= 0.3 is 0 Å². The first-order valence-electron chi connectivity index (χ1n) is 6.32. The Morgan fingerprint density at radius 1 is 1.30 bits per heavy atom. The van der Waals surface area contributed by atoms with Gasteiger partial charge in [0, 0.05) is 29.1 Å². The zero-order valence-corrected chi connectivity index (χ0v) is 12.6. The first-order chi connectivity index (χ1) is 9.69. The number of amides is 1. The van der Waals surface area contributed by atoms with Crippen molar-refractivity contribution in [2.45, 2.75) is 13.3 Å². The molecule has 6 heteroatoms. The fourth-order valence-electron chi connectivity index (χ4n) is 1.56. The summed E-state index contributed by atoms with van der Waals surface area (Å²) < 4.78 is 0.861. The standard InChI is InChI=1S/C14H15BrN4O/c1-2-6-16-11-5-7-17-12(8-11)14(20)19-13-4-3-10(15)9-18-13/h3-5,7-9H,2,6H2,1H3,(H,16,17)(H,18,19,20). The summed E-state index contributed by atoms with van der Waals surface area (Å²) in [5.74, 6) is 0.215. The summed E-state index contributed by atoms with van der Waals surface area (Å²) in [5.41, 5.74) is 1.24. The summed E-state index contributed by atoms with van der Waals surface area (Å²) in [4.78, 5) is 20.2. The molecular formula is C14H15BrN4O. The number of hydrogen-bond acceptors (Lipinski definition) is 4. The maximum Gasteiger partial charge on any atom is 0.275 e. The number of hydrogen-bond donors (Lipinski definition) is 2. The number of pyridine rings is 2. The topological polar surface area (TPSA) is 66.9 Å². The van der Waals surface area contributed by atoms with E-state index in [1.54, 1.807) is 24.5 Å². The third kappa shape index (κ3) is 4.03. The third-order valence-corrected chi connectivity index (χ3v) is 3.01. The molecule has 0 atom stereocenters. The first-order valence-corrected chi connectivity index (χ1v) is 7.11. The van der Waals surface area contributed by atoms with Gasteiger partial charge in [-0.25, -0.2) is 4.98 Å². The van der Waals surface area contributed by atoms with Crippen LogP contribution in [0.15, 0.2) is 41.1 Å². The van der Waals surface area contributed by atoms with Gasteiger partial charge in [0.15, 0.2) is 0 Å². The van der Waals surface area contributed by atoms with Crippen molar-refractivity contribution in [1.29, 1.82) is 0 Å². The van der Waals surface area contributed by atoms with Crippen molar-refractivity contribution in [1.82, 2.24) is 9.97 Å². The maximum absolute atomic E-state index is 12.1. The van der Waals surface area contributed by atoms with Crippen LogP contribution in [0.25, 0.3) is 0 Å². The summed E-state index contributed by atoms with van der Waals surface area (Å²) in [6, 6.07) is 7.10. The molecule has 0 aromatic carbocycles. The van der Waals surface area contributed by atoms with Gasteiger partial charge in [0.05, 0.1) is 0 Å². The van der Waals surface area contributed by atoms with Crippen LogP contribution >= 0.6 is 15.9 Å². The molecule has 0 bridgehead atoms. The van der Waals surface area contributed by atoms with E-state index < -0.39 is 0 Å². The molecule has 104 valence electrons. The van der Waals surface area contributed by atoms with E-state index in [0.29, 0.717) is 11.5 Å². The van der Waals surface area contributed by atoms with Crippen molar-refractivity contribution < 1.29 is 4.79 Å². The van der Waals surface area contributed by atoms with Crippen LogP contribution in [0.1, 0.15) is 23.8 Å². The predicted octanol–water partition coefficient (Wildman–Crippen LogP) is 3.31. The fourth-order valence-corrected chi connectivity index (χ4v) is 1.80. The number of nitrogens with zero attached hydrogens (tertiary/aromatic N) is 2. The zero-order valence-electron chi connectivity index (χ0n) is 11.1. The molecule has 0 unspecified atom stereocenters. The Hall–Kier alpha value is -1.95. The molecule has 0 fully saturated rings. The van der Waals surface area contributed by atoms with Gasteiger partial charge in [-0.1, -0.05) is 6.92 Å². The Kier molecular flexibility index (Phi) is 5.06. The van der Waals surface area contributed by atoms with E-state index in [9.17, 15) is 4.79 Å². The number of aromatic nitrogens is 2. The molecule has 1 amide bonds. The molecular weight excluding hydrogens is 320 g/mol. The maximum atomic E-state index is 12.1. The molecule has 20 heavy (non-hydrogen) atoms. The highest BCUT2D eigenvalue weighted by molar-refractivity contribution is 9.10. The van der Waals surface area contributed by atoms with Gasteiger partial charge in [0.1, 0.15) is 11.5 Å². The molecule has 5 nitrogen and oxygen atoms in total. The van der Waals surface area contributed by atoms with Crippen LogP contribution in [0.4, 0.5) is 11.5 Å². The third-order valence-electron chi connectivity index (χ3n) is 2.54. The van der Waals surface area contributed by atoms with Crippen molar-refractivity contribution in [2.24, 2.45) is 0 Å². The number of carbonyl (C=O) groups is 1. The van der Waals surface area contributed by atoms with Gasteiger partial charge < -0.3 is 10.6 Å². The first kappa shape index (κ1) is 14.5. The van der Waals surface area contributed by atoms with E-state index in [1.807, 2.05) is 12.1 Å². The van der Waals surface area contributed by atoms with Crippen LogP contribution in [0.3, 0.4) is 0 Å². The number of anilines is 2. The van der Waals surface area contributed by atoms with E-state index in [4.69, 9.17) is 0 Å². The summed E-state index contributed by atoms with van der Waals surface area (Å²) in [6.45, 7) is 2.94. The smallest absolute Gasteiger partial charge is 0.275 e. The minimum atomic E-state index is -0.278. The predicted molar refractivity (Wildman–Crippen MR) is 82.9 cm³/mol. The van der Waals surface area contributed by atoms with Crippen LogP contribution < -0.4 is 10.6 Å². The Morgan fingerprint density at radius 3 is 2.85 bits per heavy atom. The Morgan fingerprint density at radius 2 is 2.15 bits per heavy atom. The van der Waals surface area contributed by atoms with E-state index in [0.717, 1.165) is 23.1 Å². The Labute approximate surface area is 126 Å². The number of rotatable bonds is 5. The molecule has 2 heterocycles. The van der Waals surface area contributed by atoms with Crippen LogP contribution in [0.5, 0.6) is 0 Å².